The number of amides is 2. The standard InChI is InChI=1S/C32H36N4O4S/c1-23-13-15-26(16-14-23)36(41(39)40)30(19-24-9-5-4-6-10-24)32(38)34-18-17-25(20-34)28-21-35(22-31(37)33(2)3)29-12-8-7-11-27(28)29/h4-16,21,25,30H,17-20,22H2,1-3H3,(H,39,40). The number of likely N-dealkylation sites (tertiary alicyclic amines) is 1. The van der Waals surface area contributed by atoms with Crippen molar-refractivity contribution in [3.63, 3.8) is 0 Å². The molecule has 41 heavy (non-hydrogen) atoms. The molecule has 1 aliphatic rings. The summed E-state index contributed by atoms with van der Waals surface area (Å²) in [4.78, 5) is 30.1. The maximum absolute atomic E-state index is 14.2. The smallest absolute Gasteiger partial charge is 0.262 e. The highest BCUT2D eigenvalue weighted by Gasteiger charge is 2.37. The summed E-state index contributed by atoms with van der Waals surface area (Å²) in [5.74, 6) is -0.0762. The van der Waals surface area contributed by atoms with Crippen molar-refractivity contribution < 1.29 is 18.4 Å². The van der Waals surface area contributed by atoms with Gasteiger partial charge in [-0.25, -0.2) is 4.21 Å². The van der Waals surface area contributed by atoms with Gasteiger partial charge in [0.05, 0.1) is 5.69 Å². The lowest BCUT2D eigenvalue weighted by molar-refractivity contribution is -0.131. The van der Waals surface area contributed by atoms with E-state index in [0.717, 1.165) is 34.0 Å². The highest BCUT2D eigenvalue weighted by Crippen LogP contribution is 2.35. The first-order valence-electron chi connectivity index (χ1n) is 13.8. The molecular weight excluding hydrogens is 536 g/mol. The van der Waals surface area contributed by atoms with E-state index in [1.54, 1.807) is 31.1 Å². The maximum atomic E-state index is 14.2. The molecule has 8 nitrogen and oxygen atoms in total. The Morgan fingerprint density at radius 3 is 2.37 bits per heavy atom. The van der Waals surface area contributed by atoms with Crippen molar-refractivity contribution in [2.75, 3.05) is 31.5 Å². The fraction of sp³-hybridized carbons (Fsp3) is 0.312. The van der Waals surface area contributed by atoms with Crippen molar-refractivity contribution in [3.8, 4) is 0 Å². The second kappa shape index (κ2) is 12.3. The summed E-state index contributed by atoms with van der Waals surface area (Å²) in [6.07, 6.45) is 3.12. The number of rotatable bonds is 9. The molecule has 1 N–H and O–H groups in total. The van der Waals surface area contributed by atoms with Crippen molar-refractivity contribution in [3.05, 3.63) is 102 Å². The third kappa shape index (κ3) is 6.21. The molecule has 3 aromatic carbocycles. The van der Waals surface area contributed by atoms with Gasteiger partial charge in [0.15, 0.2) is 0 Å². The second-order valence-electron chi connectivity index (χ2n) is 10.9. The van der Waals surface area contributed by atoms with E-state index in [2.05, 4.69) is 6.07 Å². The zero-order valence-electron chi connectivity index (χ0n) is 23.6. The van der Waals surface area contributed by atoms with E-state index in [1.165, 1.54) is 4.31 Å². The first-order chi connectivity index (χ1) is 19.7. The minimum absolute atomic E-state index is 0.0116. The number of anilines is 1. The normalized spacial score (nSPS) is 16.5. The lowest BCUT2D eigenvalue weighted by Gasteiger charge is -2.32. The number of para-hydroxylation sites is 1. The fourth-order valence-corrected chi connectivity index (χ4v) is 6.31. The zero-order chi connectivity index (χ0) is 29.1. The summed E-state index contributed by atoms with van der Waals surface area (Å²) in [5, 5.41) is 1.08. The van der Waals surface area contributed by atoms with Gasteiger partial charge in [-0.2, -0.15) is 0 Å². The predicted molar refractivity (Wildman–Crippen MR) is 163 cm³/mol. The van der Waals surface area contributed by atoms with Gasteiger partial charge in [-0.05, 0) is 42.7 Å². The summed E-state index contributed by atoms with van der Waals surface area (Å²) < 4.78 is 26.5. The highest BCUT2D eigenvalue weighted by atomic mass is 32.2. The van der Waals surface area contributed by atoms with E-state index in [1.807, 2.05) is 83.3 Å². The molecule has 0 spiro atoms. The number of likely N-dealkylation sites (N-methyl/N-ethyl adjacent to an activating group) is 1. The molecule has 9 heteroatoms. The van der Waals surface area contributed by atoms with Gasteiger partial charge in [0, 0.05) is 56.6 Å². The average Bonchev–Trinajstić information content (AvgIpc) is 3.59. The Morgan fingerprint density at radius 2 is 1.68 bits per heavy atom. The first kappa shape index (κ1) is 28.6. The molecule has 3 atom stereocenters. The predicted octanol–water partition coefficient (Wildman–Crippen LogP) is 4.61. The SMILES string of the molecule is Cc1ccc(N(C(Cc2ccccc2)C(=O)N2CCC(c3cn(CC(=O)N(C)C)c4ccccc34)C2)S(=O)O)cc1. The van der Waals surface area contributed by atoms with E-state index < -0.39 is 17.3 Å². The van der Waals surface area contributed by atoms with Gasteiger partial charge in [-0.15, -0.1) is 0 Å². The number of carbonyl (C=O) groups excluding carboxylic acids is 2. The molecule has 3 unspecified atom stereocenters. The van der Waals surface area contributed by atoms with Gasteiger partial charge in [0.2, 0.25) is 11.8 Å². The molecule has 0 aliphatic carbocycles. The fourth-order valence-electron chi connectivity index (χ4n) is 5.62. The van der Waals surface area contributed by atoms with Crippen LogP contribution in [-0.2, 0) is 33.8 Å². The lowest BCUT2D eigenvalue weighted by atomic mass is 9.98. The molecule has 1 fully saturated rings. The largest absolute Gasteiger partial charge is 0.347 e. The van der Waals surface area contributed by atoms with E-state index in [0.29, 0.717) is 25.2 Å². The van der Waals surface area contributed by atoms with Gasteiger partial charge in [-0.3, -0.25) is 18.4 Å². The molecular formula is C32H36N4O4S. The summed E-state index contributed by atoms with van der Waals surface area (Å²) in [6, 6.07) is 24.1. The van der Waals surface area contributed by atoms with Gasteiger partial charge >= 0.3 is 0 Å². The van der Waals surface area contributed by atoms with Crippen LogP contribution in [0.1, 0.15) is 29.0 Å². The number of aryl methyl sites for hydroxylation is 1. The number of nitrogens with zero attached hydrogens (tertiary/aromatic N) is 4. The molecule has 0 bridgehead atoms. The number of fused-ring (bicyclic) bond motifs is 1. The lowest BCUT2D eigenvalue weighted by Crippen LogP contribution is -2.50. The van der Waals surface area contributed by atoms with Gasteiger partial charge < -0.3 is 14.4 Å². The van der Waals surface area contributed by atoms with Crippen LogP contribution in [0.15, 0.2) is 85.1 Å². The van der Waals surface area contributed by atoms with Crippen LogP contribution in [0.25, 0.3) is 10.9 Å². The molecule has 2 heterocycles. The van der Waals surface area contributed by atoms with E-state index in [4.69, 9.17) is 0 Å². The second-order valence-corrected chi connectivity index (χ2v) is 11.7. The Morgan fingerprint density at radius 1 is 1.00 bits per heavy atom. The van der Waals surface area contributed by atoms with Crippen molar-refractivity contribution in [1.82, 2.24) is 14.4 Å². The number of carbonyl (C=O) groups is 2. The summed E-state index contributed by atoms with van der Waals surface area (Å²) in [7, 11) is 3.50. The molecule has 5 rings (SSSR count). The maximum Gasteiger partial charge on any atom is 0.262 e. The van der Waals surface area contributed by atoms with Gasteiger partial charge in [-0.1, -0.05) is 66.2 Å². The third-order valence-corrected chi connectivity index (χ3v) is 8.66. The molecule has 1 aromatic heterocycles. The first-order valence-corrected chi connectivity index (χ1v) is 14.9. The van der Waals surface area contributed by atoms with Crippen molar-refractivity contribution >= 4 is 39.7 Å². The third-order valence-electron chi connectivity index (χ3n) is 7.86. The van der Waals surface area contributed by atoms with Crippen molar-refractivity contribution in [2.24, 2.45) is 0 Å². The van der Waals surface area contributed by atoms with Crippen molar-refractivity contribution in [1.29, 1.82) is 0 Å². The summed E-state index contributed by atoms with van der Waals surface area (Å²) in [5.41, 5.74) is 4.57. The number of hydrogen-bond donors (Lipinski definition) is 1. The van der Waals surface area contributed by atoms with Gasteiger partial charge in [0.1, 0.15) is 12.6 Å². The minimum Gasteiger partial charge on any atom is -0.347 e. The van der Waals surface area contributed by atoms with Crippen LogP contribution in [0.4, 0.5) is 5.69 Å². The molecule has 214 valence electrons. The molecule has 0 saturated carbocycles. The van der Waals surface area contributed by atoms with E-state index in [-0.39, 0.29) is 24.3 Å². The Balaban J connectivity index is 1.44. The summed E-state index contributed by atoms with van der Waals surface area (Å²) >= 11 is -2.41. The summed E-state index contributed by atoms with van der Waals surface area (Å²) in [6.45, 7) is 3.24. The van der Waals surface area contributed by atoms with Crippen LogP contribution >= 0.6 is 0 Å². The number of benzene rings is 3. The molecule has 1 aliphatic heterocycles. The average molecular weight is 573 g/mol. The topological polar surface area (TPSA) is 86.1 Å². The Bertz CT molecular complexity index is 1550. The van der Waals surface area contributed by atoms with Crippen LogP contribution in [0.2, 0.25) is 0 Å². The van der Waals surface area contributed by atoms with Crippen LogP contribution in [0, 0.1) is 6.92 Å². The molecule has 2 amide bonds. The quantitative estimate of drug-likeness (QED) is 0.297. The highest BCUT2D eigenvalue weighted by molar-refractivity contribution is 7.80. The molecule has 0 radical (unpaired) electrons. The van der Waals surface area contributed by atoms with E-state index >= 15 is 0 Å². The number of hydrogen-bond acceptors (Lipinski definition) is 3. The van der Waals surface area contributed by atoms with E-state index in [9.17, 15) is 18.4 Å². The van der Waals surface area contributed by atoms with Crippen LogP contribution < -0.4 is 4.31 Å². The number of aromatic nitrogens is 1. The Labute approximate surface area is 243 Å². The molecule has 1 saturated heterocycles. The van der Waals surface area contributed by atoms with Crippen LogP contribution in [0.3, 0.4) is 0 Å². The minimum atomic E-state index is -2.41. The van der Waals surface area contributed by atoms with Gasteiger partial charge in [0.25, 0.3) is 11.3 Å². The van der Waals surface area contributed by atoms with Crippen LogP contribution in [-0.4, -0.2) is 68.2 Å². The zero-order valence-corrected chi connectivity index (χ0v) is 24.5. The van der Waals surface area contributed by atoms with Crippen LogP contribution in [0.5, 0.6) is 0 Å². The Hall–Kier alpha value is -3.95. The molecule has 4 aromatic rings. The monoisotopic (exact) mass is 572 g/mol. The van der Waals surface area contributed by atoms with Crippen molar-refractivity contribution in [2.45, 2.75) is 38.3 Å². The Kier molecular flexibility index (Phi) is 8.56.